The van der Waals surface area contributed by atoms with E-state index in [-0.39, 0.29) is 0 Å². The van der Waals surface area contributed by atoms with E-state index in [1.165, 1.54) is 5.69 Å². The second kappa shape index (κ2) is 14.3. The van der Waals surface area contributed by atoms with Gasteiger partial charge >= 0.3 is 0 Å². The van der Waals surface area contributed by atoms with Crippen LogP contribution >= 0.6 is 0 Å². The highest BCUT2D eigenvalue weighted by Gasteiger charge is 2.16. The summed E-state index contributed by atoms with van der Waals surface area (Å²) >= 11 is 0. The van der Waals surface area contributed by atoms with Crippen molar-refractivity contribution in [1.82, 2.24) is 15.5 Å². The molecule has 1 aromatic rings. The molecule has 174 valence electrons. The molecular formula is C24H41N5O2. The topological polar surface area (TPSA) is 61.4 Å². The van der Waals surface area contributed by atoms with Crippen LogP contribution in [-0.2, 0) is 9.47 Å². The second-order valence-corrected chi connectivity index (χ2v) is 8.36. The van der Waals surface area contributed by atoms with Gasteiger partial charge in [0, 0.05) is 70.6 Å². The van der Waals surface area contributed by atoms with E-state index in [1.54, 1.807) is 0 Å². The molecule has 2 heterocycles. The van der Waals surface area contributed by atoms with E-state index in [2.05, 4.69) is 62.7 Å². The summed E-state index contributed by atoms with van der Waals surface area (Å²) in [6.45, 7) is 13.7. The van der Waals surface area contributed by atoms with Crippen molar-refractivity contribution in [2.75, 3.05) is 83.7 Å². The van der Waals surface area contributed by atoms with Crippen LogP contribution in [0.25, 0.3) is 0 Å². The fourth-order valence-corrected chi connectivity index (χ4v) is 4.04. The molecule has 0 spiro atoms. The molecule has 7 nitrogen and oxygen atoms in total. The highest BCUT2D eigenvalue weighted by molar-refractivity contribution is 5.79. The summed E-state index contributed by atoms with van der Waals surface area (Å²) in [5, 5.41) is 6.82. The molecule has 0 saturated carbocycles. The third-order valence-electron chi connectivity index (χ3n) is 5.88. The van der Waals surface area contributed by atoms with Crippen LogP contribution in [0.15, 0.2) is 35.3 Å². The summed E-state index contributed by atoms with van der Waals surface area (Å²) < 4.78 is 11.1. The van der Waals surface area contributed by atoms with Crippen LogP contribution in [0.1, 0.15) is 26.2 Å². The number of aliphatic imine (C=N–C) groups is 1. The Labute approximate surface area is 188 Å². The minimum Gasteiger partial charge on any atom is -0.381 e. The van der Waals surface area contributed by atoms with Crippen LogP contribution in [0.5, 0.6) is 0 Å². The van der Waals surface area contributed by atoms with Gasteiger partial charge in [-0.15, -0.1) is 0 Å². The van der Waals surface area contributed by atoms with Crippen molar-refractivity contribution < 1.29 is 9.47 Å². The number of hydrogen-bond donors (Lipinski definition) is 2. The fourth-order valence-electron chi connectivity index (χ4n) is 4.04. The van der Waals surface area contributed by atoms with Gasteiger partial charge in [-0.05, 0) is 44.9 Å². The van der Waals surface area contributed by atoms with Gasteiger partial charge in [0.2, 0.25) is 0 Å². The van der Waals surface area contributed by atoms with Gasteiger partial charge in [0.05, 0.1) is 13.2 Å². The summed E-state index contributed by atoms with van der Waals surface area (Å²) in [6.07, 6.45) is 3.22. The highest BCUT2D eigenvalue weighted by atomic mass is 16.5. The predicted octanol–water partition coefficient (Wildman–Crippen LogP) is 2.20. The molecule has 31 heavy (non-hydrogen) atoms. The quantitative estimate of drug-likeness (QED) is 0.301. The first-order chi connectivity index (χ1) is 15.3. The Balaban J connectivity index is 1.23. The maximum Gasteiger partial charge on any atom is 0.191 e. The van der Waals surface area contributed by atoms with Crippen molar-refractivity contribution >= 4 is 11.6 Å². The van der Waals surface area contributed by atoms with Crippen molar-refractivity contribution in [3.63, 3.8) is 0 Å². The molecule has 0 bridgehead atoms. The number of nitrogens with one attached hydrogen (secondary N) is 2. The molecule has 2 aliphatic rings. The van der Waals surface area contributed by atoms with Crippen LogP contribution in [0.4, 0.5) is 5.69 Å². The first-order valence-electron chi connectivity index (χ1n) is 12.0. The minimum atomic E-state index is 0.587. The van der Waals surface area contributed by atoms with E-state index in [1.807, 2.05) is 0 Å². The largest absolute Gasteiger partial charge is 0.381 e. The summed E-state index contributed by atoms with van der Waals surface area (Å²) in [4.78, 5) is 9.73. The van der Waals surface area contributed by atoms with Crippen LogP contribution in [0.3, 0.4) is 0 Å². The minimum absolute atomic E-state index is 0.587. The maximum atomic E-state index is 5.76. The van der Waals surface area contributed by atoms with Crippen molar-refractivity contribution in [2.24, 2.45) is 10.9 Å². The Kier molecular flexibility index (Phi) is 11.0. The highest BCUT2D eigenvalue weighted by Crippen LogP contribution is 2.15. The lowest BCUT2D eigenvalue weighted by Crippen LogP contribution is -2.47. The molecule has 2 fully saturated rings. The molecule has 3 rings (SSSR count). The third kappa shape index (κ3) is 9.05. The lowest BCUT2D eigenvalue weighted by atomic mass is 10.1. The summed E-state index contributed by atoms with van der Waals surface area (Å²) in [6, 6.07) is 10.7. The number of ether oxygens (including phenoxy) is 2. The number of rotatable bonds is 12. The molecule has 0 aromatic heterocycles. The zero-order valence-corrected chi connectivity index (χ0v) is 19.2. The average molecular weight is 432 g/mol. The van der Waals surface area contributed by atoms with Gasteiger partial charge < -0.3 is 25.0 Å². The lowest BCUT2D eigenvalue weighted by Gasteiger charge is -2.36. The fraction of sp³-hybridized carbons (Fsp3) is 0.708. The number of hydrogen-bond acceptors (Lipinski definition) is 5. The smallest absolute Gasteiger partial charge is 0.191 e. The van der Waals surface area contributed by atoms with Gasteiger partial charge in [0.1, 0.15) is 0 Å². The molecule has 1 unspecified atom stereocenters. The van der Waals surface area contributed by atoms with Crippen molar-refractivity contribution in [2.45, 2.75) is 26.2 Å². The van der Waals surface area contributed by atoms with Gasteiger partial charge in [-0.2, -0.15) is 0 Å². The Hall–Kier alpha value is -1.83. The van der Waals surface area contributed by atoms with Crippen LogP contribution in [-0.4, -0.2) is 89.6 Å². The monoisotopic (exact) mass is 431 g/mol. The lowest BCUT2D eigenvalue weighted by molar-refractivity contribution is 0.0893. The van der Waals surface area contributed by atoms with Crippen molar-refractivity contribution in [1.29, 1.82) is 0 Å². The predicted molar refractivity (Wildman–Crippen MR) is 128 cm³/mol. The van der Waals surface area contributed by atoms with Gasteiger partial charge in [-0.25, -0.2) is 0 Å². The zero-order chi connectivity index (χ0) is 21.6. The first kappa shape index (κ1) is 23.8. The molecule has 7 heteroatoms. The first-order valence-corrected chi connectivity index (χ1v) is 12.0. The average Bonchev–Trinajstić information content (AvgIpc) is 3.33. The Morgan fingerprint density at radius 3 is 2.71 bits per heavy atom. The molecule has 1 aromatic carbocycles. The standard InChI is InChI=1S/C24H41N5O2/c1-2-25-24(27-12-7-18-30-20-22-10-19-31-21-22)26-11-6-13-28-14-16-29(17-15-28)23-8-4-3-5-9-23/h3-5,8-9,22H,2,6-7,10-21H2,1H3,(H2,25,26,27). The van der Waals surface area contributed by atoms with Crippen LogP contribution in [0.2, 0.25) is 0 Å². The van der Waals surface area contributed by atoms with E-state index in [9.17, 15) is 0 Å². The molecule has 2 aliphatic heterocycles. The SMILES string of the molecule is CCNC(=NCCCOCC1CCOC1)NCCCN1CCN(c2ccccc2)CC1. The normalized spacial score (nSPS) is 20.2. The van der Waals surface area contributed by atoms with Gasteiger partial charge in [0.25, 0.3) is 0 Å². The van der Waals surface area contributed by atoms with Gasteiger partial charge in [-0.3, -0.25) is 9.89 Å². The van der Waals surface area contributed by atoms with Gasteiger partial charge in [-0.1, -0.05) is 18.2 Å². The molecule has 0 aliphatic carbocycles. The second-order valence-electron chi connectivity index (χ2n) is 8.36. The van der Waals surface area contributed by atoms with E-state index in [0.717, 1.165) is 104 Å². The number of nitrogens with zero attached hydrogens (tertiary/aromatic N) is 3. The molecule has 1 atom stereocenters. The third-order valence-corrected chi connectivity index (χ3v) is 5.88. The van der Waals surface area contributed by atoms with Crippen LogP contribution in [0, 0.1) is 5.92 Å². The zero-order valence-electron chi connectivity index (χ0n) is 19.2. The number of benzene rings is 1. The Morgan fingerprint density at radius 1 is 1.13 bits per heavy atom. The summed E-state index contributed by atoms with van der Waals surface area (Å²) in [5.41, 5.74) is 1.34. The van der Waals surface area contributed by atoms with E-state index < -0.39 is 0 Å². The van der Waals surface area contributed by atoms with Crippen molar-refractivity contribution in [3.8, 4) is 0 Å². The van der Waals surface area contributed by atoms with Crippen LogP contribution < -0.4 is 15.5 Å². The Bertz CT molecular complexity index is 614. The number of anilines is 1. The van der Waals surface area contributed by atoms with E-state index in [0.29, 0.717) is 5.92 Å². The molecule has 2 N–H and O–H groups in total. The molecular weight excluding hydrogens is 390 g/mol. The van der Waals surface area contributed by atoms with E-state index >= 15 is 0 Å². The maximum absolute atomic E-state index is 5.76. The Morgan fingerprint density at radius 2 is 1.97 bits per heavy atom. The molecule has 0 amide bonds. The summed E-state index contributed by atoms with van der Waals surface area (Å²) in [5.74, 6) is 1.50. The molecule has 0 radical (unpaired) electrons. The van der Waals surface area contributed by atoms with E-state index in [4.69, 9.17) is 9.47 Å². The number of para-hydroxylation sites is 1. The number of piperazine rings is 1. The number of guanidine groups is 1. The molecule has 2 saturated heterocycles. The summed E-state index contributed by atoms with van der Waals surface area (Å²) in [7, 11) is 0. The van der Waals surface area contributed by atoms with Gasteiger partial charge in [0.15, 0.2) is 5.96 Å². The van der Waals surface area contributed by atoms with Crippen molar-refractivity contribution in [3.05, 3.63) is 30.3 Å².